The highest BCUT2D eigenvalue weighted by atomic mass is 35.5. The molecular formula is C11H17ClN2. The van der Waals surface area contributed by atoms with E-state index in [-0.39, 0.29) is 0 Å². The molecule has 0 aromatic carbocycles. The molecule has 2 atom stereocenters. The Bertz CT molecular complexity index is 288. The first-order chi connectivity index (χ1) is 6.65. The first kappa shape index (κ1) is 11.3. The highest BCUT2D eigenvalue weighted by molar-refractivity contribution is 6.31. The Morgan fingerprint density at radius 3 is 2.79 bits per heavy atom. The Balaban J connectivity index is 2.64. The fourth-order valence-electron chi connectivity index (χ4n) is 1.23. The molecule has 14 heavy (non-hydrogen) atoms. The van der Waals surface area contributed by atoms with Gasteiger partial charge >= 0.3 is 0 Å². The summed E-state index contributed by atoms with van der Waals surface area (Å²) in [4.78, 5) is 4.02. The number of nitrogens with one attached hydrogen (secondary N) is 1. The number of anilines is 1. The largest absolute Gasteiger partial charge is 0.380 e. The highest BCUT2D eigenvalue weighted by Crippen LogP contribution is 2.20. The quantitative estimate of drug-likeness (QED) is 0.772. The normalized spacial score (nSPS) is 14.9. The molecule has 0 bridgehead atoms. The summed E-state index contributed by atoms with van der Waals surface area (Å²) in [6.07, 6.45) is 2.85. The molecule has 3 heteroatoms. The van der Waals surface area contributed by atoms with Crippen molar-refractivity contribution < 1.29 is 0 Å². The Morgan fingerprint density at radius 2 is 2.21 bits per heavy atom. The summed E-state index contributed by atoms with van der Waals surface area (Å²) in [6, 6.07) is 4.26. The van der Waals surface area contributed by atoms with Gasteiger partial charge < -0.3 is 5.32 Å². The molecule has 0 aliphatic rings. The minimum atomic E-state index is 0.418. The van der Waals surface area contributed by atoms with Crippen molar-refractivity contribution in [1.82, 2.24) is 4.98 Å². The number of halogens is 1. The van der Waals surface area contributed by atoms with Gasteiger partial charge in [-0.15, -0.1) is 0 Å². The van der Waals surface area contributed by atoms with Gasteiger partial charge in [0.1, 0.15) is 0 Å². The van der Waals surface area contributed by atoms with Crippen LogP contribution in [0.25, 0.3) is 0 Å². The van der Waals surface area contributed by atoms with Crippen molar-refractivity contribution in [3.05, 3.63) is 23.5 Å². The van der Waals surface area contributed by atoms with E-state index in [0.717, 1.165) is 12.1 Å². The van der Waals surface area contributed by atoms with Crippen LogP contribution < -0.4 is 5.32 Å². The van der Waals surface area contributed by atoms with E-state index in [0.29, 0.717) is 17.1 Å². The fraction of sp³-hybridized carbons (Fsp3) is 0.545. The SMILES string of the molecule is CCC(C)C(C)Nc1cccnc1Cl. The predicted octanol–water partition coefficient (Wildman–Crippen LogP) is 3.58. The van der Waals surface area contributed by atoms with Crippen LogP contribution in [0.2, 0.25) is 5.15 Å². The molecule has 0 spiro atoms. The Hall–Kier alpha value is -0.760. The maximum Gasteiger partial charge on any atom is 0.152 e. The average molecular weight is 213 g/mol. The van der Waals surface area contributed by atoms with Crippen molar-refractivity contribution in [2.75, 3.05) is 5.32 Å². The lowest BCUT2D eigenvalue weighted by Crippen LogP contribution is -2.23. The van der Waals surface area contributed by atoms with Crippen molar-refractivity contribution in [1.29, 1.82) is 0 Å². The lowest BCUT2D eigenvalue weighted by atomic mass is 10.0. The second-order valence-electron chi connectivity index (χ2n) is 3.66. The van der Waals surface area contributed by atoms with Crippen molar-refractivity contribution in [3.8, 4) is 0 Å². The van der Waals surface area contributed by atoms with Crippen LogP contribution in [0, 0.1) is 5.92 Å². The first-order valence-corrected chi connectivity index (χ1v) is 5.40. The minimum absolute atomic E-state index is 0.418. The zero-order chi connectivity index (χ0) is 10.6. The van der Waals surface area contributed by atoms with E-state index in [1.54, 1.807) is 6.20 Å². The molecular weight excluding hydrogens is 196 g/mol. The average Bonchev–Trinajstić information content (AvgIpc) is 2.20. The molecule has 78 valence electrons. The highest BCUT2D eigenvalue weighted by Gasteiger charge is 2.11. The van der Waals surface area contributed by atoms with Crippen LogP contribution in [0.1, 0.15) is 27.2 Å². The summed E-state index contributed by atoms with van der Waals surface area (Å²) in [7, 11) is 0. The van der Waals surface area contributed by atoms with Crippen molar-refractivity contribution in [3.63, 3.8) is 0 Å². The van der Waals surface area contributed by atoms with E-state index in [1.165, 1.54) is 0 Å². The van der Waals surface area contributed by atoms with Gasteiger partial charge in [-0.3, -0.25) is 0 Å². The molecule has 0 radical (unpaired) electrons. The summed E-state index contributed by atoms with van der Waals surface area (Å²) < 4.78 is 0. The van der Waals surface area contributed by atoms with E-state index >= 15 is 0 Å². The van der Waals surface area contributed by atoms with E-state index in [1.807, 2.05) is 12.1 Å². The van der Waals surface area contributed by atoms with E-state index in [9.17, 15) is 0 Å². The Kier molecular flexibility index (Phi) is 4.21. The van der Waals surface area contributed by atoms with Crippen molar-refractivity contribution in [2.45, 2.75) is 33.2 Å². The monoisotopic (exact) mass is 212 g/mol. The lowest BCUT2D eigenvalue weighted by molar-refractivity contribution is 0.494. The van der Waals surface area contributed by atoms with Crippen molar-refractivity contribution >= 4 is 17.3 Å². The van der Waals surface area contributed by atoms with Gasteiger partial charge in [0, 0.05) is 12.2 Å². The Labute approximate surface area is 90.7 Å². The van der Waals surface area contributed by atoms with Crippen LogP contribution >= 0.6 is 11.6 Å². The molecule has 0 fully saturated rings. The topological polar surface area (TPSA) is 24.9 Å². The van der Waals surface area contributed by atoms with Gasteiger partial charge in [-0.25, -0.2) is 4.98 Å². The molecule has 2 nitrogen and oxygen atoms in total. The molecule has 0 amide bonds. The van der Waals surface area contributed by atoms with E-state index in [2.05, 4.69) is 31.1 Å². The molecule has 1 aromatic rings. The third kappa shape index (κ3) is 2.88. The summed E-state index contributed by atoms with van der Waals surface area (Å²) >= 11 is 5.94. The van der Waals surface area contributed by atoms with Gasteiger partial charge in [0.15, 0.2) is 5.15 Å². The third-order valence-electron chi connectivity index (χ3n) is 2.64. The zero-order valence-corrected chi connectivity index (χ0v) is 9.67. The summed E-state index contributed by atoms with van der Waals surface area (Å²) in [6.45, 7) is 6.58. The number of rotatable bonds is 4. The number of nitrogens with zero attached hydrogens (tertiary/aromatic N) is 1. The maximum atomic E-state index is 5.94. The summed E-state index contributed by atoms with van der Waals surface area (Å²) in [5.41, 5.74) is 0.918. The van der Waals surface area contributed by atoms with Gasteiger partial charge in [0.05, 0.1) is 5.69 Å². The van der Waals surface area contributed by atoms with Crippen LogP contribution in [0.5, 0.6) is 0 Å². The van der Waals surface area contributed by atoms with Crippen LogP contribution in [-0.2, 0) is 0 Å². The summed E-state index contributed by atoms with van der Waals surface area (Å²) in [5, 5.41) is 3.91. The molecule has 0 aliphatic carbocycles. The molecule has 1 N–H and O–H groups in total. The van der Waals surface area contributed by atoms with Crippen LogP contribution in [0.4, 0.5) is 5.69 Å². The molecule has 1 aromatic heterocycles. The van der Waals surface area contributed by atoms with E-state index in [4.69, 9.17) is 11.6 Å². The lowest BCUT2D eigenvalue weighted by Gasteiger charge is -2.21. The molecule has 0 saturated heterocycles. The molecule has 0 aliphatic heterocycles. The van der Waals surface area contributed by atoms with Gasteiger partial charge in [0.25, 0.3) is 0 Å². The first-order valence-electron chi connectivity index (χ1n) is 5.02. The van der Waals surface area contributed by atoms with Crippen LogP contribution in [0.3, 0.4) is 0 Å². The predicted molar refractivity (Wildman–Crippen MR) is 61.8 cm³/mol. The fourth-order valence-corrected chi connectivity index (χ4v) is 1.41. The minimum Gasteiger partial charge on any atom is -0.380 e. The van der Waals surface area contributed by atoms with E-state index < -0.39 is 0 Å². The van der Waals surface area contributed by atoms with Gasteiger partial charge in [0.2, 0.25) is 0 Å². The number of hydrogen-bond donors (Lipinski definition) is 1. The second kappa shape index (κ2) is 5.20. The molecule has 1 heterocycles. The van der Waals surface area contributed by atoms with Gasteiger partial charge in [-0.05, 0) is 25.0 Å². The van der Waals surface area contributed by atoms with Gasteiger partial charge in [-0.1, -0.05) is 31.9 Å². The molecule has 2 unspecified atom stereocenters. The standard InChI is InChI=1S/C11H17ClN2/c1-4-8(2)9(3)14-10-6-5-7-13-11(10)12/h5-9,14H,4H2,1-3H3. The van der Waals surface area contributed by atoms with Crippen LogP contribution in [-0.4, -0.2) is 11.0 Å². The number of hydrogen-bond acceptors (Lipinski definition) is 2. The molecule has 0 saturated carbocycles. The summed E-state index contributed by atoms with van der Waals surface area (Å²) in [5.74, 6) is 0.631. The molecule has 1 rings (SSSR count). The smallest absolute Gasteiger partial charge is 0.152 e. The maximum absolute atomic E-state index is 5.94. The van der Waals surface area contributed by atoms with Crippen LogP contribution in [0.15, 0.2) is 18.3 Å². The second-order valence-corrected chi connectivity index (χ2v) is 4.02. The third-order valence-corrected chi connectivity index (χ3v) is 2.94. The number of aromatic nitrogens is 1. The Morgan fingerprint density at radius 1 is 1.50 bits per heavy atom. The zero-order valence-electron chi connectivity index (χ0n) is 8.92. The number of pyridine rings is 1. The van der Waals surface area contributed by atoms with Gasteiger partial charge in [-0.2, -0.15) is 0 Å². The van der Waals surface area contributed by atoms with Crippen molar-refractivity contribution in [2.24, 2.45) is 5.92 Å².